The van der Waals surface area contributed by atoms with Crippen molar-refractivity contribution in [2.24, 2.45) is 0 Å². The van der Waals surface area contributed by atoms with E-state index < -0.39 is 0 Å². The van der Waals surface area contributed by atoms with Gasteiger partial charge < -0.3 is 9.73 Å². The molecule has 0 aliphatic heterocycles. The highest BCUT2D eigenvalue weighted by atomic mass is 16.3. The van der Waals surface area contributed by atoms with Crippen molar-refractivity contribution < 1.29 is 9.21 Å². The molecule has 0 bridgehead atoms. The summed E-state index contributed by atoms with van der Waals surface area (Å²) in [6, 6.07) is 17.0. The van der Waals surface area contributed by atoms with Gasteiger partial charge >= 0.3 is 0 Å². The van der Waals surface area contributed by atoms with Crippen LogP contribution in [0.4, 0.5) is 5.69 Å². The Kier molecular flexibility index (Phi) is 3.84. The van der Waals surface area contributed by atoms with E-state index in [9.17, 15) is 4.79 Å². The number of furan rings is 1. The number of rotatable bonds is 4. The summed E-state index contributed by atoms with van der Waals surface area (Å²) in [6.07, 6.45) is 6.33. The van der Waals surface area contributed by atoms with E-state index in [1.165, 1.54) is 6.08 Å². The Morgan fingerprint density at radius 3 is 2.56 bits per heavy atom. The molecule has 6 nitrogen and oxygen atoms in total. The van der Waals surface area contributed by atoms with Crippen LogP contribution in [-0.4, -0.2) is 20.7 Å². The standard InChI is InChI=1S/C19H14N4O2/c24-19(10-9-17-11-14-3-1-2-4-18(14)25-17)22-15-5-7-16(8-6-15)23-12-20-21-13-23/h1-13H,(H,22,24). The smallest absolute Gasteiger partial charge is 0.248 e. The second-order valence-corrected chi connectivity index (χ2v) is 5.43. The number of nitrogens with one attached hydrogen (secondary N) is 1. The first-order chi connectivity index (χ1) is 12.3. The molecule has 0 unspecified atom stereocenters. The van der Waals surface area contributed by atoms with Gasteiger partial charge in [-0.05, 0) is 42.5 Å². The van der Waals surface area contributed by atoms with Crippen LogP contribution in [0, 0.1) is 0 Å². The second-order valence-electron chi connectivity index (χ2n) is 5.43. The average Bonchev–Trinajstić information content (AvgIpc) is 3.30. The van der Waals surface area contributed by atoms with E-state index in [1.54, 1.807) is 23.3 Å². The molecule has 25 heavy (non-hydrogen) atoms. The fourth-order valence-corrected chi connectivity index (χ4v) is 2.48. The molecule has 2 heterocycles. The summed E-state index contributed by atoms with van der Waals surface area (Å²) in [4.78, 5) is 12.0. The molecule has 0 aliphatic carbocycles. The molecule has 0 fully saturated rings. The largest absolute Gasteiger partial charge is 0.457 e. The molecular formula is C19H14N4O2. The second kappa shape index (κ2) is 6.45. The van der Waals surface area contributed by atoms with Crippen LogP contribution in [0.15, 0.2) is 77.7 Å². The van der Waals surface area contributed by atoms with Gasteiger partial charge in [0.1, 0.15) is 24.0 Å². The third-order valence-corrected chi connectivity index (χ3v) is 3.70. The molecule has 1 N–H and O–H groups in total. The van der Waals surface area contributed by atoms with Gasteiger partial charge in [0.2, 0.25) is 5.91 Å². The number of para-hydroxylation sites is 1. The normalized spacial score (nSPS) is 11.2. The van der Waals surface area contributed by atoms with Crippen LogP contribution in [0.1, 0.15) is 5.76 Å². The molecule has 0 atom stereocenters. The highest BCUT2D eigenvalue weighted by Gasteiger charge is 2.02. The predicted molar refractivity (Wildman–Crippen MR) is 95.2 cm³/mol. The molecule has 0 spiro atoms. The molecule has 2 aromatic carbocycles. The predicted octanol–water partition coefficient (Wildman–Crippen LogP) is 3.67. The number of fused-ring (bicyclic) bond motifs is 1. The van der Waals surface area contributed by atoms with Crippen molar-refractivity contribution in [2.45, 2.75) is 0 Å². The zero-order valence-electron chi connectivity index (χ0n) is 13.2. The summed E-state index contributed by atoms with van der Waals surface area (Å²) in [5, 5.41) is 11.3. The molecule has 122 valence electrons. The molecule has 4 rings (SSSR count). The van der Waals surface area contributed by atoms with Crippen molar-refractivity contribution in [1.82, 2.24) is 14.8 Å². The first kappa shape index (κ1) is 14.9. The highest BCUT2D eigenvalue weighted by molar-refractivity contribution is 6.02. The molecule has 4 aromatic rings. The van der Waals surface area contributed by atoms with Crippen molar-refractivity contribution in [2.75, 3.05) is 5.32 Å². The summed E-state index contributed by atoms with van der Waals surface area (Å²) < 4.78 is 7.43. The van der Waals surface area contributed by atoms with Crippen LogP contribution >= 0.6 is 0 Å². The lowest BCUT2D eigenvalue weighted by Gasteiger charge is -2.04. The van der Waals surface area contributed by atoms with Crippen molar-refractivity contribution in [3.8, 4) is 5.69 Å². The third-order valence-electron chi connectivity index (χ3n) is 3.70. The lowest BCUT2D eigenvalue weighted by molar-refractivity contribution is -0.111. The number of nitrogens with zero attached hydrogens (tertiary/aromatic N) is 3. The maximum absolute atomic E-state index is 12.0. The summed E-state index contributed by atoms with van der Waals surface area (Å²) in [7, 11) is 0. The van der Waals surface area contributed by atoms with Gasteiger partial charge in [-0.3, -0.25) is 9.36 Å². The topological polar surface area (TPSA) is 73.0 Å². The van der Waals surface area contributed by atoms with Crippen LogP contribution in [0.3, 0.4) is 0 Å². The number of anilines is 1. The number of benzene rings is 2. The number of hydrogen-bond acceptors (Lipinski definition) is 4. The van der Waals surface area contributed by atoms with E-state index >= 15 is 0 Å². The fourth-order valence-electron chi connectivity index (χ4n) is 2.48. The highest BCUT2D eigenvalue weighted by Crippen LogP contribution is 2.19. The summed E-state index contributed by atoms with van der Waals surface area (Å²) in [5.41, 5.74) is 2.42. The Bertz CT molecular complexity index is 998. The molecule has 1 amide bonds. The lowest BCUT2D eigenvalue weighted by atomic mass is 10.2. The maximum Gasteiger partial charge on any atom is 0.248 e. The van der Waals surface area contributed by atoms with Gasteiger partial charge in [0, 0.05) is 22.8 Å². The van der Waals surface area contributed by atoms with Crippen molar-refractivity contribution in [1.29, 1.82) is 0 Å². The zero-order chi connectivity index (χ0) is 17.1. The number of aromatic nitrogens is 3. The molecule has 0 aliphatic rings. The number of hydrogen-bond donors (Lipinski definition) is 1. The lowest BCUT2D eigenvalue weighted by Crippen LogP contribution is -2.07. The fraction of sp³-hybridized carbons (Fsp3) is 0. The third kappa shape index (κ3) is 3.32. The van der Waals surface area contributed by atoms with Crippen LogP contribution < -0.4 is 5.32 Å². The molecular weight excluding hydrogens is 316 g/mol. The maximum atomic E-state index is 12.0. The Morgan fingerprint density at radius 1 is 1.04 bits per heavy atom. The summed E-state index contributed by atoms with van der Waals surface area (Å²) in [5.74, 6) is 0.414. The quantitative estimate of drug-likeness (QED) is 0.580. The average molecular weight is 330 g/mol. The Labute approximate surface area is 143 Å². The van der Waals surface area contributed by atoms with Gasteiger partial charge in [-0.15, -0.1) is 10.2 Å². The van der Waals surface area contributed by atoms with Gasteiger partial charge in [-0.1, -0.05) is 18.2 Å². The van der Waals surface area contributed by atoms with Gasteiger partial charge in [0.15, 0.2) is 0 Å². The molecule has 0 saturated carbocycles. The monoisotopic (exact) mass is 330 g/mol. The minimum atomic E-state index is -0.225. The number of amides is 1. The van der Waals surface area contributed by atoms with E-state index in [0.717, 1.165) is 16.7 Å². The van der Waals surface area contributed by atoms with E-state index in [4.69, 9.17) is 4.42 Å². The first-order valence-electron chi connectivity index (χ1n) is 7.71. The van der Waals surface area contributed by atoms with Crippen LogP contribution in [0.25, 0.3) is 22.7 Å². The van der Waals surface area contributed by atoms with E-state index in [-0.39, 0.29) is 5.91 Å². The molecule has 6 heteroatoms. The van der Waals surface area contributed by atoms with Crippen LogP contribution in [-0.2, 0) is 4.79 Å². The van der Waals surface area contributed by atoms with E-state index in [2.05, 4.69) is 15.5 Å². The van der Waals surface area contributed by atoms with Gasteiger partial charge in [-0.2, -0.15) is 0 Å². The molecule has 2 aromatic heterocycles. The Morgan fingerprint density at radius 2 is 1.80 bits per heavy atom. The SMILES string of the molecule is O=C(C=Cc1cc2ccccc2o1)Nc1ccc(-n2cnnc2)cc1. The Hall–Kier alpha value is -3.67. The van der Waals surface area contributed by atoms with Gasteiger partial charge in [0.05, 0.1) is 0 Å². The summed E-state index contributed by atoms with van der Waals surface area (Å²) >= 11 is 0. The minimum absolute atomic E-state index is 0.225. The molecule has 0 saturated heterocycles. The summed E-state index contributed by atoms with van der Waals surface area (Å²) in [6.45, 7) is 0. The number of carbonyl (C=O) groups is 1. The molecule has 0 radical (unpaired) electrons. The Balaban J connectivity index is 1.43. The number of carbonyl (C=O) groups excluding carboxylic acids is 1. The van der Waals surface area contributed by atoms with Crippen molar-refractivity contribution >= 4 is 28.6 Å². The van der Waals surface area contributed by atoms with Gasteiger partial charge in [-0.25, -0.2) is 0 Å². The van der Waals surface area contributed by atoms with Crippen molar-refractivity contribution in [3.05, 3.63) is 79.1 Å². The zero-order valence-corrected chi connectivity index (χ0v) is 13.2. The van der Waals surface area contributed by atoms with Crippen LogP contribution in [0.2, 0.25) is 0 Å². The van der Waals surface area contributed by atoms with E-state index in [1.807, 2.05) is 54.6 Å². The van der Waals surface area contributed by atoms with E-state index in [0.29, 0.717) is 11.4 Å². The van der Waals surface area contributed by atoms with Crippen LogP contribution in [0.5, 0.6) is 0 Å². The van der Waals surface area contributed by atoms with Crippen molar-refractivity contribution in [3.63, 3.8) is 0 Å². The van der Waals surface area contributed by atoms with Gasteiger partial charge in [0.25, 0.3) is 0 Å². The first-order valence-corrected chi connectivity index (χ1v) is 7.71. The minimum Gasteiger partial charge on any atom is -0.457 e.